The van der Waals surface area contributed by atoms with E-state index in [2.05, 4.69) is 142 Å². The van der Waals surface area contributed by atoms with Crippen molar-refractivity contribution in [1.29, 1.82) is 0 Å². The van der Waals surface area contributed by atoms with Gasteiger partial charge in [0.15, 0.2) is 0 Å². The van der Waals surface area contributed by atoms with Gasteiger partial charge in [-0.3, -0.25) is 0 Å². The van der Waals surface area contributed by atoms with Crippen molar-refractivity contribution in [2.75, 3.05) is 4.90 Å². The summed E-state index contributed by atoms with van der Waals surface area (Å²) in [6.07, 6.45) is 10.1. The van der Waals surface area contributed by atoms with Gasteiger partial charge in [0.05, 0.1) is 0 Å². The molecule has 40 heavy (non-hydrogen) atoms. The Hall–Kier alpha value is -3.58. The van der Waals surface area contributed by atoms with Gasteiger partial charge in [-0.05, 0) is 95.0 Å². The largest absolute Gasteiger partial charge is 0.311 e. The zero-order valence-electron chi connectivity index (χ0n) is 25.1. The molecule has 0 saturated heterocycles. The Balaban J connectivity index is 0.00000118. The van der Waals surface area contributed by atoms with Crippen LogP contribution in [0, 0.1) is 0 Å². The summed E-state index contributed by atoms with van der Waals surface area (Å²) in [5.41, 5.74) is 10.5. The van der Waals surface area contributed by atoms with E-state index in [0.29, 0.717) is 0 Å². The number of fused-ring (bicyclic) bond motifs is 1. The monoisotopic (exact) mass is 529 g/mol. The molecule has 4 aromatic rings. The van der Waals surface area contributed by atoms with Crippen LogP contribution in [-0.2, 0) is 5.41 Å². The van der Waals surface area contributed by atoms with E-state index >= 15 is 0 Å². The molecule has 0 spiro atoms. The molecule has 0 N–H and O–H groups in total. The van der Waals surface area contributed by atoms with Gasteiger partial charge in [-0.2, -0.15) is 0 Å². The molecule has 5 rings (SSSR count). The first kappa shape index (κ1) is 29.4. The Labute approximate surface area is 243 Å². The van der Waals surface area contributed by atoms with Gasteiger partial charge in [0.2, 0.25) is 0 Å². The van der Waals surface area contributed by atoms with Crippen LogP contribution in [0.1, 0.15) is 90.2 Å². The zero-order chi connectivity index (χ0) is 28.4. The summed E-state index contributed by atoms with van der Waals surface area (Å²) in [4.78, 5) is 2.31. The highest BCUT2D eigenvalue weighted by Crippen LogP contribution is 2.51. The summed E-state index contributed by atoms with van der Waals surface area (Å²) < 4.78 is 0. The number of hydrogen-bond acceptors (Lipinski definition) is 1. The lowest BCUT2D eigenvalue weighted by molar-refractivity contribution is 0.380. The first-order valence-electron chi connectivity index (χ1n) is 15.4. The molecule has 1 unspecified atom stereocenters. The Morgan fingerprint density at radius 1 is 0.650 bits per heavy atom. The molecule has 1 aliphatic carbocycles. The molecule has 208 valence electrons. The third kappa shape index (κ3) is 6.58. The summed E-state index contributed by atoms with van der Waals surface area (Å²) in [5.74, 6) is 0. The minimum atomic E-state index is 0.244. The average molecular weight is 530 g/mol. The highest BCUT2D eigenvalue weighted by molar-refractivity contribution is 5.80. The van der Waals surface area contributed by atoms with Crippen LogP contribution in [0.25, 0.3) is 16.7 Å². The van der Waals surface area contributed by atoms with Crippen molar-refractivity contribution in [3.05, 3.63) is 121 Å². The molecule has 0 radical (unpaired) electrons. The van der Waals surface area contributed by atoms with Gasteiger partial charge < -0.3 is 4.90 Å². The first-order valence-corrected chi connectivity index (χ1v) is 15.4. The summed E-state index contributed by atoms with van der Waals surface area (Å²) in [6.45, 7) is 13.4. The van der Waals surface area contributed by atoms with Crippen molar-refractivity contribution in [3.63, 3.8) is 0 Å². The molecule has 0 heterocycles. The van der Waals surface area contributed by atoms with Crippen molar-refractivity contribution in [2.24, 2.45) is 0 Å². The Kier molecular flexibility index (Phi) is 10.4. The van der Waals surface area contributed by atoms with Crippen LogP contribution in [0.15, 0.2) is 110 Å². The van der Waals surface area contributed by atoms with E-state index < -0.39 is 0 Å². The van der Waals surface area contributed by atoms with Crippen LogP contribution < -0.4 is 4.90 Å². The van der Waals surface area contributed by atoms with Crippen molar-refractivity contribution in [2.45, 2.75) is 84.5 Å². The number of para-hydroxylation sites is 2. The fourth-order valence-electron chi connectivity index (χ4n) is 6.08. The second-order valence-electron chi connectivity index (χ2n) is 11.2. The van der Waals surface area contributed by atoms with E-state index in [1.54, 1.807) is 0 Å². The number of rotatable bonds is 10. The maximum atomic E-state index is 4.47. The quantitative estimate of drug-likeness (QED) is 0.185. The van der Waals surface area contributed by atoms with Gasteiger partial charge in [-0.25, -0.2) is 0 Å². The lowest BCUT2D eigenvalue weighted by Gasteiger charge is -2.29. The lowest BCUT2D eigenvalue weighted by Crippen LogP contribution is -2.21. The fourth-order valence-corrected chi connectivity index (χ4v) is 6.08. The predicted molar refractivity (Wildman–Crippen MR) is 177 cm³/mol. The molecular formula is C39H47N. The van der Waals surface area contributed by atoms with Crippen LogP contribution in [0.4, 0.5) is 17.1 Å². The zero-order valence-corrected chi connectivity index (χ0v) is 25.1. The maximum Gasteiger partial charge on any atom is 0.0462 e. The molecule has 1 atom stereocenters. The molecule has 1 heteroatoms. The molecule has 0 fully saturated rings. The van der Waals surface area contributed by atoms with E-state index in [1.807, 2.05) is 0 Å². The third-order valence-electron chi connectivity index (χ3n) is 8.20. The predicted octanol–water partition coefficient (Wildman–Crippen LogP) is 12.3. The van der Waals surface area contributed by atoms with E-state index in [9.17, 15) is 0 Å². The molecule has 0 amide bonds. The van der Waals surface area contributed by atoms with Gasteiger partial charge in [-0.1, -0.05) is 127 Å². The van der Waals surface area contributed by atoms with Gasteiger partial charge >= 0.3 is 0 Å². The van der Waals surface area contributed by atoms with E-state index in [-0.39, 0.29) is 5.41 Å². The first-order chi connectivity index (χ1) is 19.6. The number of anilines is 3. The molecule has 0 saturated carbocycles. The molecule has 0 bridgehead atoms. The van der Waals surface area contributed by atoms with Crippen LogP contribution in [0.3, 0.4) is 0 Å². The standard InChI is InChI=1S/C36H39N.C3H8/c1-4-6-7-14-25-36(5-2)27-28(3)34-24-21-30(26-35(34)36)29-19-22-33(23-20-29)37(31-15-10-8-11-16-31)32-17-12-9-13-18-32;1-3-2/h8-13,15-24,26H,3-7,14,25,27H2,1-2H3;3H2,1-2H3. The molecule has 0 aromatic heterocycles. The van der Waals surface area contributed by atoms with E-state index in [4.69, 9.17) is 0 Å². The Morgan fingerprint density at radius 2 is 1.20 bits per heavy atom. The van der Waals surface area contributed by atoms with Gasteiger partial charge in [0, 0.05) is 17.1 Å². The third-order valence-corrected chi connectivity index (χ3v) is 8.20. The summed E-state index contributed by atoms with van der Waals surface area (Å²) in [7, 11) is 0. The Morgan fingerprint density at radius 3 is 1.75 bits per heavy atom. The molecular weight excluding hydrogens is 482 g/mol. The normalized spacial score (nSPS) is 15.8. The van der Waals surface area contributed by atoms with Gasteiger partial charge in [0.1, 0.15) is 0 Å². The van der Waals surface area contributed by atoms with Crippen LogP contribution >= 0.6 is 0 Å². The number of hydrogen-bond donors (Lipinski definition) is 0. The van der Waals surface area contributed by atoms with Crippen LogP contribution in [0.5, 0.6) is 0 Å². The molecule has 0 aliphatic heterocycles. The second-order valence-corrected chi connectivity index (χ2v) is 11.2. The lowest BCUT2D eigenvalue weighted by atomic mass is 9.74. The van der Waals surface area contributed by atoms with E-state index in [1.165, 1.54) is 72.8 Å². The Bertz CT molecular complexity index is 1300. The molecule has 1 nitrogen and oxygen atoms in total. The number of unbranched alkanes of at least 4 members (excludes halogenated alkanes) is 3. The number of allylic oxidation sites excluding steroid dienone is 1. The maximum absolute atomic E-state index is 4.47. The average Bonchev–Trinajstić information content (AvgIpc) is 3.28. The van der Waals surface area contributed by atoms with Crippen LogP contribution in [-0.4, -0.2) is 0 Å². The highest BCUT2D eigenvalue weighted by Gasteiger charge is 2.38. The fraction of sp³-hybridized carbons (Fsp3) is 0.333. The topological polar surface area (TPSA) is 3.24 Å². The smallest absolute Gasteiger partial charge is 0.0462 e. The number of nitrogens with zero attached hydrogens (tertiary/aromatic N) is 1. The summed E-state index contributed by atoms with van der Waals surface area (Å²) in [5, 5.41) is 0. The second kappa shape index (κ2) is 14.2. The van der Waals surface area contributed by atoms with Crippen molar-refractivity contribution in [1.82, 2.24) is 0 Å². The van der Waals surface area contributed by atoms with Gasteiger partial charge in [0.25, 0.3) is 0 Å². The molecule has 1 aliphatic rings. The minimum Gasteiger partial charge on any atom is -0.311 e. The number of benzene rings is 4. The van der Waals surface area contributed by atoms with Gasteiger partial charge in [-0.15, -0.1) is 0 Å². The van der Waals surface area contributed by atoms with Crippen molar-refractivity contribution >= 4 is 22.6 Å². The summed E-state index contributed by atoms with van der Waals surface area (Å²) in [6, 6.07) is 37.3. The SMILES string of the molecule is C=C1CC(CC)(CCCCCC)c2cc(-c3ccc(N(c4ccccc4)c4ccccc4)cc3)ccc21.CCC. The van der Waals surface area contributed by atoms with Crippen molar-refractivity contribution in [3.8, 4) is 11.1 Å². The summed E-state index contributed by atoms with van der Waals surface area (Å²) >= 11 is 0. The minimum absolute atomic E-state index is 0.244. The highest BCUT2D eigenvalue weighted by atomic mass is 15.1. The van der Waals surface area contributed by atoms with Crippen LogP contribution in [0.2, 0.25) is 0 Å². The molecule has 4 aromatic carbocycles. The van der Waals surface area contributed by atoms with Crippen molar-refractivity contribution < 1.29 is 0 Å². The van der Waals surface area contributed by atoms with E-state index in [0.717, 1.165) is 23.5 Å².